The molecule has 0 N–H and O–H groups in total. The van der Waals surface area contributed by atoms with Crippen molar-refractivity contribution in [2.24, 2.45) is 0 Å². The number of piperidine rings is 1. The van der Waals surface area contributed by atoms with Gasteiger partial charge in [-0.05, 0) is 63.0 Å². The molecule has 1 aromatic rings. The van der Waals surface area contributed by atoms with Gasteiger partial charge in [-0.2, -0.15) is 0 Å². The van der Waals surface area contributed by atoms with E-state index in [-0.39, 0.29) is 0 Å². The summed E-state index contributed by atoms with van der Waals surface area (Å²) >= 11 is 5.52. The van der Waals surface area contributed by atoms with E-state index in [0.717, 1.165) is 17.7 Å². The number of aryl methyl sites for hydroxylation is 2. The zero-order valence-corrected chi connectivity index (χ0v) is 14.0. The second kappa shape index (κ2) is 5.13. The Labute approximate surface area is 132 Å². The van der Waals surface area contributed by atoms with Crippen LogP contribution in [-0.2, 0) is 12.8 Å². The molecule has 3 aliphatic rings. The van der Waals surface area contributed by atoms with Gasteiger partial charge in [-0.1, -0.05) is 15.9 Å². The zero-order chi connectivity index (χ0) is 13.7. The van der Waals surface area contributed by atoms with E-state index in [0.29, 0.717) is 22.8 Å². The Morgan fingerprint density at radius 1 is 1.20 bits per heavy atom. The van der Waals surface area contributed by atoms with E-state index in [1.165, 1.54) is 49.0 Å². The first-order valence-corrected chi connectivity index (χ1v) is 9.54. The van der Waals surface area contributed by atoms with Crippen LogP contribution in [0.25, 0.3) is 0 Å². The Bertz CT molecular complexity index is 503. The maximum Gasteiger partial charge on any atom is 0.264 e. The fourth-order valence-electron chi connectivity index (χ4n) is 4.17. The number of hydrogen-bond donors (Lipinski definition) is 0. The first-order chi connectivity index (χ1) is 9.72. The molecule has 2 unspecified atom stereocenters. The quantitative estimate of drug-likeness (QED) is 0.694. The molecule has 2 fully saturated rings. The van der Waals surface area contributed by atoms with Gasteiger partial charge in [-0.15, -0.1) is 11.3 Å². The van der Waals surface area contributed by atoms with Crippen LogP contribution >= 0.6 is 27.3 Å². The van der Waals surface area contributed by atoms with Crippen molar-refractivity contribution in [2.45, 2.75) is 68.3 Å². The summed E-state index contributed by atoms with van der Waals surface area (Å²) in [4.78, 5) is 18.2. The minimum Gasteiger partial charge on any atom is -0.332 e. The van der Waals surface area contributed by atoms with Crippen molar-refractivity contribution in [3.63, 3.8) is 0 Å². The van der Waals surface area contributed by atoms with Crippen molar-refractivity contribution in [3.8, 4) is 0 Å². The molecular formula is C16H20BrNOS. The number of alkyl halides is 1. The molecule has 0 saturated carbocycles. The predicted octanol–water partition coefficient (Wildman–Crippen LogP) is 4.16. The molecule has 1 amide bonds. The molecule has 20 heavy (non-hydrogen) atoms. The second-order valence-corrected chi connectivity index (χ2v) is 8.86. The molecule has 2 atom stereocenters. The number of thiophene rings is 1. The monoisotopic (exact) mass is 353 g/mol. The van der Waals surface area contributed by atoms with Crippen LogP contribution in [-0.4, -0.2) is 27.7 Å². The number of carbonyl (C=O) groups excluding carboxylic acids is 1. The lowest BCUT2D eigenvalue weighted by atomic mass is 9.99. The van der Waals surface area contributed by atoms with Crippen LogP contribution in [0.3, 0.4) is 0 Å². The van der Waals surface area contributed by atoms with Crippen molar-refractivity contribution in [3.05, 3.63) is 21.4 Å². The molecule has 2 aliphatic heterocycles. The zero-order valence-electron chi connectivity index (χ0n) is 11.6. The summed E-state index contributed by atoms with van der Waals surface area (Å²) in [5, 5.41) is 0. The summed E-state index contributed by atoms with van der Waals surface area (Å²) in [6.45, 7) is 0. The van der Waals surface area contributed by atoms with Gasteiger partial charge in [0.05, 0.1) is 4.88 Å². The highest BCUT2D eigenvalue weighted by Crippen LogP contribution is 2.40. The van der Waals surface area contributed by atoms with E-state index < -0.39 is 0 Å². The summed E-state index contributed by atoms with van der Waals surface area (Å²) in [5.74, 6) is 0.316. The third-order valence-electron chi connectivity index (χ3n) is 5.12. The van der Waals surface area contributed by atoms with E-state index in [1.807, 2.05) is 0 Å². The molecular weight excluding hydrogens is 334 g/mol. The van der Waals surface area contributed by atoms with Crippen LogP contribution in [0.15, 0.2) is 6.07 Å². The molecule has 0 radical (unpaired) electrons. The molecule has 0 aromatic carbocycles. The lowest BCUT2D eigenvalue weighted by molar-refractivity contribution is 0.0608. The number of amides is 1. The maximum atomic E-state index is 12.9. The molecule has 1 aromatic heterocycles. The molecule has 2 bridgehead atoms. The Kier molecular flexibility index (Phi) is 3.42. The maximum absolute atomic E-state index is 12.9. The summed E-state index contributed by atoms with van der Waals surface area (Å²) in [7, 11) is 0. The average Bonchev–Trinajstić information content (AvgIpc) is 2.98. The van der Waals surface area contributed by atoms with Crippen molar-refractivity contribution in [1.82, 2.24) is 4.90 Å². The van der Waals surface area contributed by atoms with E-state index in [9.17, 15) is 4.79 Å². The first-order valence-electron chi connectivity index (χ1n) is 7.80. The molecule has 4 heteroatoms. The van der Waals surface area contributed by atoms with Crippen LogP contribution in [0.2, 0.25) is 0 Å². The lowest BCUT2D eigenvalue weighted by Gasteiger charge is -2.37. The number of nitrogens with zero attached hydrogens (tertiary/aromatic N) is 1. The SMILES string of the molecule is O=C(c1cc2c(s1)CCCC2)N1C2CCC1CC(Br)C2. The summed E-state index contributed by atoms with van der Waals surface area (Å²) in [6.07, 6.45) is 9.60. The summed E-state index contributed by atoms with van der Waals surface area (Å²) in [5.41, 5.74) is 1.45. The van der Waals surface area contributed by atoms with E-state index in [4.69, 9.17) is 0 Å². The predicted molar refractivity (Wildman–Crippen MR) is 85.9 cm³/mol. The highest BCUT2D eigenvalue weighted by molar-refractivity contribution is 9.09. The number of hydrogen-bond acceptors (Lipinski definition) is 2. The van der Waals surface area contributed by atoms with Gasteiger partial charge in [0, 0.05) is 21.8 Å². The van der Waals surface area contributed by atoms with Crippen molar-refractivity contribution in [2.75, 3.05) is 0 Å². The molecule has 3 heterocycles. The number of rotatable bonds is 1. The van der Waals surface area contributed by atoms with Crippen molar-refractivity contribution < 1.29 is 4.79 Å². The average molecular weight is 354 g/mol. The fourth-order valence-corrected chi connectivity index (χ4v) is 6.23. The number of halogens is 1. The molecule has 1 aliphatic carbocycles. The Balaban J connectivity index is 1.60. The summed E-state index contributed by atoms with van der Waals surface area (Å²) in [6, 6.07) is 3.15. The highest BCUT2D eigenvalue weighted by atomic mass is 79.9. The van der Waals surface area contributed by atoms with Gasteiger partial charge in [0.1, 0.15) is 0 Å². The third-order valence-corrected chi connectivity index (χ3v) is 7.09. The molecule has 2 nitrogen and oxygen atoms in total. The van der Waals surface area contributed by atoms with E-state index in [1.54, 1.807) is 11.3 Å². The van der Waals surface area contributed by atoms with Gasteiger partial charge in [-0.25, -0.2) is 0 Å². The Hall–Kier alpha value is -0.350. The van der Waals surface area contributed by atoms with Crippen molar-refractivity contribution >= 4 is 33.2 Å². The largest absolute Gasteiger partial charge is 0.332 e. The molecule has 0 spiro atoms. The lowest BCUT2D eigenvalue weighted by Crippen LogP contribution is -2.46. The van der Waals surface area contributed by atoms with Crippen LogP contribution in [0.4, 0.5) is 0 Å². The van der Waals surface area contributed by atoms with Gasteiger partial charge in [0.15, 0.2) is 0 Å². The first kappa shape index (κ1) is 13.3. The third kappa shape index (κ3) is 2.16. The van der Waals surface area contributed by atoms with E-state index >= 15 is 0 Å². The minimum absolute atomic E-state index is 0.316. The Morgan fingerprint density at radius 3 is 2.60 bits per heavy atom. The van der Waals surface area contributed by atoms with Crippen molar-refractivity contribution in [1.29, 1.82) is 0 Å². The summed E-state index contributed by atoms with van der Waals surface area (Å²) < 4.78 is 0. The van der Waals surface area contributed by atoms with Gasteiger partial charge in [0.2, 0.25) is 0 Å². The Morgan fingerprint density at radius 2 is 1.90 bits per heavy atom. The normalized spacial score (nSPS) is 32.2. The topological polar surface area (TPSA) is 20.3 Å². The van der Waals surface area contributed by atoms with Crippen LogP contribution in [0.1, 0.15) is 58.6 Å². The van der Waals surface area contributed by atoms with Crippen LogP contribution < -0.4 is 0 Å². The van der Waals surface area contributed by atoms with Gasteiger partial charge >= 0.3 is 0 Å². The molecule has 108 valence electrons. The van der Waals surface area contributed by atoms with Crippen LogP contribution in [0, 0.1) is 0 Å². The number of carbonyl (C=O) groups is 1. The van der Waals surface area contributed by atoms with Gasteiger partial charge in [-0.3, -0.25) is 4.79 Å². The van der Waals surface area contributed by atoms with Crippen LogP contribution in [0.5, 0.6) is 0 Å². The highest BCUT2D eigenvalue weighted by Gasteiger charge is 2.43. The van der Waals surface area contributed by atoms with Gasteiger partial charge < -0.3 is 4.90 Å². The molecule has 4 rings (SSSR count). The van der Waals surface area contributed by atoms with Gasteiger partial charge in [0.25, 0.3) is 5.91 Å². The smallest absolute Gasteiger partial charge is 0.264 e. The minimum atomic E-state index is 0.316. The standard InChI is InChI=1S/C16H20BrNOS/c17-11-8-12-5-6-13(9-11)18(12)16(19)15-7-10-3-1-2-4-14(10)20-15/h7,11-13H,1-6,8-9H2. The second-order valence-electron chi connectivity index (χ2n) is 6.43. The molecule has 2 saturated heterocycles. The fraction of sp³-hybridized carbons (Fsp3) is 0.688. The number of fused-ring (bicyclic) bond motifs is 3. The van der Waals surface area contributed by atoms with E-state index in [2.05, 4.69) is 26.9 Å².